The van der Waals surface area contributed by atoms with Crippen LogP contribution in [0.2, 0.25) is 0 Å². The number of oxime groups is 1. The fourth-order valence-electron chi connectivity index (χ4n) is 3.93. The van der Waals surface area contributed by atoms with Crippen LogP contribution in [0.1, 0.15) is 32.9 Å². The highest BCUT2D eigenvalue weighted by molar-refractivity contribution is 8.00. The Labute approximate surface area is 247 Å². The largest absolute Gasteiger partial charge is 0.511 e. The van der Waals surface area contributed by atoms with E-state index in [0.717, 1.165) is 22.7 Å². The summed E-state index contributed by atoms with van der Waals surface area (Å²) in [5.41, 5.74) is 7.74. The standard InChI is InChI=1S/C23H29N7O10S2/c1-10(2)38-23(35)40-11(3)39-20(33)16-12(7-37-22(34)27-29-5-4-6-29)8-41-19-15(18(32)30(16)19)26-17(31)14(28-36)13-9-42-21(24)25-13/h9-11,15,19,36H,4-8H2,1-3H3,(H2,24,25)(H,26,31)(H,27,34)/b28-14-/t11?,15?,19-/m1/s1. The van der Waals surface area contributed by atoms with Crippen molar-refractivity contribution in [3.8, 4) is 0 Å². The normalized spacial score (nSPS) is 21.0. The number of hydrogen-bond acceptors (Lipinski definition) is 16. The third-order valence-electron chi connectivity index (χ3n) is 5.96. The van der Waals surface area contributed by atoms with E-state index < -0.39 is 59.6 Å². The number of nitrogens with zero attached hydrogens (tertiary/aromatic N) is 4. The van der Waals surface area contributed by atoms with Crippen LogP contribution in [-0.4, -0.2) is 105 Å². The summed E-state index contributed by atoms with van der Waals surface area (Å²) in [4.78, 5) is 68.4. The van der Waals surface area contributed by atoms with Crippen LogP contribution in [0.4, 0.5) is 14.7 Å². The van der Waals surface area contributed by atoms with Gasteiger partial charge in [0.2, 0.25) is 6.29 Å². The first kappa shape index (κ1) is 30.8. The SMILES string of the molecule is CC(C)OC(=O)OC(C)OC(=O)C1=C(COC(=O)NN2CCC2)CS[C@@H]2C(NC(=O)/C(=N\O)c3csc(N)n3)C(=O)N12. The highest BCUT2D eigenvalue weighted by atomic mass is 32.2. The molecule has 5 N–H and O–H groups in total. The Bertz CT molecular complexity index is 1310. The number of carbonyl (C=O) groups is 5. The molecule has 0 aromatic carbocycles. The van der Waals surface area contributed by atoms with Crippen molar-refractivity contribution in [3.05, 3.63) is 22.3 Å². The number of hydrogen-bond donors (Lipinski definition) is 4. The van der Waals surface area contributed by atoms with Gasteiger partial charge in [-0.3, -0.25) is 19.9 Å². The Morgan fingerprint density at radius 3 is 2.55 bits per heavy atom. The zero-order chi connectivity index (χ0) is 30.6. The Balaban J connectivity index is 1.48. The molecule has 17 nitrogen and oxygen atoms in total. The van der Waals surface area contributed by atoms with Crippen LogP contribution in [0.5, 0.6) is 0 Å². The quantitative estimate of drug-likeness (QED) is 0.0523. The fourth-order valence-corrected chi connectivity index (χ4v) is 5.81. The number of hydrazine groups is 1. The monoisotopic (exact) mass is 627 g/mol. The lowest BCUT2D eigenvalue weighted by Crippen LogP contribution is -2.71. The van der Waals surface area contributed by atoms with Crippen LogP contribution < -0.4 is 16.5 Å². The van der Waals surface area contributed by atoms with E-state index in [1.807, 2.05) is 0 Å². The zero-order valence-corrected chi connectivity index (χ0v) is 24.4. The Morgan fingerprint density at radius 1 is 1.21 bits per heavy atom. The predicted octanol–water partition coefficient (Wildman–Crippen LogP) is 0.355. The molecule has 1 aromatic heterocycles. The van der Waals surface area contributed by atoms with Crippen molar-refractivity contribution in [2.75, 3.05) is 31.2 Å². The van der Waals surface area contributed by atoms with Crippen molar-refractivity contribution in [2.45, 2.75) is 51.0 Å². The van der Waals surface area contributed by atoms with E-state index in [4.69, 9.17) is 24.7 Å². The minimum Gasteiger partial charge on any atom is -0.444 e. The van der Waals surface area contributed by atoms with E-state index in [1.165, 1.54) is 24.1 Å². The van der Waals surface area contributed by atoms with Gasteiger partial charge in [0.05, 0.1) is 6.10 Å². The number of fused-ring (bicyclic) bond motifs is 1. The number of thiazole rings is 1. The van der Waals surface area contributed by atoms with Crippen molar-refractivity contribution in [1.29, 1.82) is 0 Å². The molecular formula is C23H29N7O10S2. The van der Waals surface area contributed by atoms with Gasteiger partial charge in [0.15, 0.2) is 10.8 Å². The molecule has 2 saturated heterocycles. The first-order chi connectivity index (χ1) is 20.0. The number of rotatable bonds is 10. The van der Waals surface area contributed by atoms with Gasteiger partial charge in [0.1, 0.15) is 29.4 Å². The molecule has 3 aliphatic heterocycles. The lowest BCUT2D eigenvalue weighted by molar-refractivity contribution is -0.169. The summed E-state index contributed by atoms with van der Waals surface area (Å²) < 4.78 is 20.3. The minimum absolute atomic E-state index is 0.0162. The molecule has 2 fully saturated rings. The first-order valence-electron chi connectivity index (χ1n) is 12.7. The maximum absolute atomic E-state index is 13.3. The smallest absolute Gasteiger partial charge is 0.444 e. The average molecular weight is 628 g/mol. The Morgan fingerprint density at radius 2 is 1.95 bits per heavy atom. The fraction of sp³-hybridized carbons (Fsp3) is 0.522. The van der Waals surface area contributed by atoms with E-state index in [1.54, 1.807) is 18.9 Å². The van der Waals surface area contributed by atoms with Crippen LogP contribution in [0.25, 0.3) is 0 Å². The van der Waals surface area contributed by atoms with Gasteiger partial charge in [0.25, 0.3) is 11.8 Å². The lowest BCUT2D eigenvalue weighted by atomic mass is 10.0. The second-order valence-electron chi connectivity index (χ2n) is 9.37. The molecule has 228 valence electrons. The van der Waals surface area contributed by atoms with Gasteiger partial charge in [-0.25, -0.2) is 24.4 Å². The summed E-state index contributed by atoms with van der Waals surface area (Å²) in [6.45, 7) is 5.52. The number of thioether (sulfide) groups is 1. The van der Waals surface area contributed by atoms with Gasteiger partial charge in [-0.2, -0.15) is 0 Å². The van der Waals surface area contributed by atoms with Crippen LogP contribution in [0.3, 0.4) is 0 Å². The van der Waals surface area contributed by atoms with Crippen LogP contribution in [0.15, 0.2) is 21.8 Å². The van der Waals surface area contributed by atoms with Gasteiger partial charge in [0, 0.05) is 36.7 Å². The van der Waals surface area contributed by atoms with Crippen molar-refractivity contribution in [3.63, 3.8) is 0 Å². The van der Waals surface area contributed by atoms with Gasteiger partial charge in [-0.05, 0) is 20.3 Å². The molecule has 0 spiro atoms. The van der Waals surface area contributed by atoms with Crippen molar-refractivity contribution in [2.24, 2.45) is 5.16 Å². The third kappa shape index (κ3) is 7.02. The van der Waals surface area contributed by atoms with E-state index in [0.29, 0.717) is 13.1 Å². The van der Waals surface area contributed by atoms with Gasteiger partial charge in [-0.1, -0.05) is 5.16 Å². The number of carbonyl (C=O) groups excluding carboxylic acids is 5. The van der Waals surface area contributed by atoms with Crippen LogP contribution in [-0.2, 0) is 33.3 Å². The molecule has 42 heavy (non-hydrogen) atoms. The molecule has 3 amide bonds. The number of esters is 1. The highest BCUT2D eigenvalue weighted by Gasteiger charge is 2.55. The Hall–Kier alpha value is -4.10. The molecule has 0 aliphatic carbocycles. The van der Waals surface area contributed by atoms with E-state index in [2.05, 4.69) is 20.9 Å². The maximum Gasteiger partial charge on any atom is 0.511 e. The molecule has 3 atom stereocenters. The third-order valence-corrected chi connectivity index (χ3v) is 7.97. The number of aromatic nitrogens is 1. The number of anilines is 1. The zero-order valence-electron chi connectivity index (χ0n) is 22.7. The highest BCUT2D eigenvalue weighted by Crippen LogP contribution is 2.41. The molecule has 1 aromatic rings. The van der Waals surface area contributed by atoms with Crippen molar-refractivity contribution < 1.29 is 48.1 Å². The topological polar surface area (TPSA) is 224 Å². The van der Waals surface area contributed by atoms with E-state index in [9.17, 15) is 29.2 Å². The predicted molar refractivity (Wildman–Crippen MR) is 146 cm³/mol. The molecule has 0 saturated carbocycles. The number of nitrogens with one attached hydrogen (secondary N) is 2. The van der Waals surface area contributed by atoms with E-state index >= 15 is 0 Å². The number of amides is 3. The summed E-state index contributed by atoms with van der Waals surface area (Å²) in [6, 6.07) is -1.11. The summed E-state index contributed by atoms with van der Waals surface area (Å²) in [5, 5.41) is 17.3. The molecule has 4 rings (SSSR count). The lowest BCUT2D eigenvalue weighted by Gasteiger charge is -2.49. The summed E-state index contributed by atoms with van der Waals surface area (Å²) in [6.07, 6.45) is -2.73. The number of β-lactam (4-membered cyclic amide) rings is 1. The first-order valence-corrected chi connectivity index (χ1v) is 14.6. The van der Waals surface area contributed by atoms with Gasteiger partial charge < -0.3 is 35.2 Å². The molecule has 19 heteroatoms. The second kappa shape index (κ2) is 13.3. The molecule has 0 radical (unpaired) electrons. The summed E-state index contributed by atoms with van der Waals surface area (Å²) >= 11 is 2.22. The molecular weight excluding hydrogens is 598 g/mol. The molecule has 4 heterocycles. The number of ether oxygens (including phenoxy) is 4. The maximum atomic E-state index is 13.3. The molecule has 0 bridgehead atoms. The van der Waals surface area contributed by atoms with Gasteiger partial charge >= 0.3 is 18.2 Å². The van der Waals surface area contributed by atoms with Gasteiger partial charge in [-0.15, -0.1) is 23.1 Å². The van der Waals surface area contributed by atoms with Crippen LogP contribution in [0, 0.1) is 0 Å². The number of nitrogens with two attached hydrogens (primary N) is 1. The minimum atomic E-state index is -1.39. The summed E-state index contributed by atoms with van der Waals surface area (Å²) in [5.74, 6) is -2.48. The van der Waals surface area contributed by atoms with E-state index in [-0.39, 0.29) is 34.5 Å². The number of nitrogen functional groups attached to an aromatic ring is 1. The second-order valence-corrected chi connectivity index (χ2v) is 11.4. The van der Waals surface area contributed by atoms with Crippen molar-refractivity contribution >= 4 is 64.0 Å². The average Bonchev–Trinajstić information content (AvgIpc) is 3.32. The Kier molecular flexibility index (Phi) is 9.74. The molecule has 3 aliphatic rings. The van der Waals surface area contributed by atoms with Crippen molar-refractivity contribution in [1.82, 2.24) is 25.6 Å². The molecule has 2 unspecified atom stereocenters. The van der Waals surface area contributed by atoms with Crippen LogP contribution >= 0.6 is 23.1 Å². The summed E-state index contributed by atoms with van der Waals surface area (Å²) in [7, 11) is 0.